The van der Waals surface area contributed by atoms with Gasteiger partial charge in [0.15, 0.2) is 0 Å². The van der Waals surface area contributed by atoms with Crippen molar-refractivity contribution in [3.05, 3.63) is 30.0 Å². The first-order valence-electron chi connectivity index (χ1n) is 8.09. The second kappa shape index (κ2) is 6.39. The number of hydrogen-bond donors (Lipinski definition) is 3. The average molecular weight is 352 g/mol. The molecular weight excluding hydrogens is 326 g/mol. The quantitative estimate of drug-likeness (QED) is 0.790. The molecule has 1 heterocycles. The van der Waals surface area contributed by atoms with E-state index >= 15 is 0 Å². The van der Waals surface area contributed by atoms with E-state index in [1.807, 2.05) is 45.9 Å². The molecule has 0 saturated heterocycles. The smallest absolute Gasteiger partial charge is 0.245 e. The van der Waals surface area contributed by atoms with Crippen LogP contribution in [0.4, 0.5) is 5.69 Å². The third-order valence-electron chi connectivity index (χ3n) is 5.25. The molecule has 0 spiro atoms. The van der Waals surface area contributed by atoms with E-state index in [1.54, 1.807) is 0 Å². The third-order valence-corrected chi connectivity index (χ3v) is 5.25. The predicted octanol–water partition coefficient (Wildman–Crippen LogP) is 3.37. The molecule has 2 atom stereocenters. The Morgan fingerprint density at radius 3 is 2.75 bits per heavy atom. The number of aromatic nitrogens is 1. The van der Waals surface area contributed by atoms with Crippen molar-refractivity contribution in [2.75, 3.05) is 11.9 Å². The van der Waals surface area contributed by atoms with E-state index in [1.165, 1.54) is 0 Å². The van der Waals surface area contributed by atoms with Crippen molar-refractivity contribution >= 4 is 34.9 Å². The molecule has 1 saturated carbocycles. The lowest BCUT2D eigenvalue weighted by Crippen LogP contribution is -2.74. The Balaban J connectivity index is 0.00000208. The molecule has 1 aliphatic carbocycles. The van der Waals surface area contributed by atoms with Gasteiger partial charge in [-0.3, -0.25) is 4.79 Å². The highest BCUT2D eigenvalue weighted by molar-refractivity contribution is 6.01. The van der Waals surface area contributed by atoms with Gasteiger partial charge in [-0.25, -0.2) is 0 Å². The Kier molecular flexibility index (Phi) is 5.00. The summed E-state index contributed by atoms with van der Waals surface area (Å²) < 4.78 is 5.69. The van der Waals surface area contributed by atoms with Gasteiger partial charge in [0.25, 0.3) is 0 Å². The van der Waals surface area contributed by atoms with Crippen LogP contribution in [-0.4, -0.2) is 29.1 Å². The molecule has 0 aliphatic heterocycles. The number of benzene rings is 1. The summed E-state index contributed by atoms with van der Waals surface area (Å²) in [6.45, 7) is 8.60. The van der Waals surface area contributed by atoms with Crippen LogP contribution in [0.15, 0.2) is 24.3 Å². The number of aromatic amines is 1. The second-order valence-electron chi connectivity index (χ2n) is 7.05. The summed E-state index contributed by atoms with van der Waals surface area (Å²) in [6, 6.07) is 7.88. The van der Waals surface area contributed by atoms with Gasteiger partial charge < -0.3 is 20.8 Å². The Labute approximate surface area is 148 Å². The molecule has 2 aromatic rings. The number of rotatable bonds is 4. The summed E-state index contributed by atoms with van der Waals surface area (Å²) in [7, 11) is 0. The lowest BCUT2D eigenvalue weighted by atomic mass is 9.54. The fourth-order valence-electron chi connectivity index (χ4n) is 3.42. The minimum Gasteiger partial charge on any atom is -0.378 e. The molecule has 1 aromatic carbocycles. The normalized spacial score (nSPS) is 25.0. The SMILES string of the molecule is CCOC1CC(N)(C(=O)Nc2ccc3[nH]c(C)cc3c2)C1(C)C.Cl. The van der Waals surface area contributed by atoms with Crippen LogP contribution in [-0.2, 0) is 9.53 Å². The number of halogens is 1. The van der Waals surface area contributed by atoms with Crippen LogP contribution >= 0.6 is 12.4 Å². The highest BCUT2D eigenvalue weighted by Gasteiger charge is 2.62. The van der Waals surface area contributed by atoms with E-state index < -0.39 is 5.54 Å². The number of aryl methyl sites for hydroxylation is 1. The Morgan fingerprint density at radius 2 is 2.12 bits per heavy atom. The predicted molar refractivity (Wildman–Crippen MR) is 99.6 cm³/mol. The van der Waals surface area contributed by atoms with Crippen molar-refractivity contribution in [1.29, 1.82) is 0 Å². The van der Waals surface area contributed by atoms with Crippen LogP contribution in [0.1, 0.15) is 32.9 Å². The molecule has 1 aromatic heterocycles. The molecule has 132 valence electrons. The highest BCUT2D eigenvalue weighted by Crippen LogP contribution is 2.50. The zero-order valence-electron chi connectivity index (χ0n) is 14.6. The van der Waals surface area contributed by atoms with E-state index in [-0.39, 0.29) is 29.8 Å². The number of hydrogen-bond acceptors (Lipinski definition) is 3. The summed E-state index contributed by atoms with van der Waals surface area (Å²) >= 11 is 0. The van der Waals surface area contributed by atoms with E-state index in [2.05, 4.69) is 16.4 Å². The van der Waals surface area contributed by atoms with E-state index in [4.69, 9.17) is 10.5 Å². The van der Waals surface area contributed by atoms with Crippen LogP contribution in [0.5, 0.6) is 0 Å². The topological polar surface area (TPSA) is 80.1 Å². The molecule has 4 N–H and O–H groups in total. The molecule has 5 nitrogen and oxygen atoms in total. The number of nitrogens with two attached hydrogens (primary N) is 1. The first-order chi connectivity index (χ1) is 10.8. The molecule has 1 amide bonds. The number of carbonyl (C=O) groups is 1. The van der Waals surface area contributed by atoms with Gasteiger partial charge in [-0.05, 0) is 38.1 Å². The lowest BCUT2D eigenvalue weighted by Gasteiger charge is -2.57. The van der Waals surface area contributed by atoms with Gasteiger partial charge in [0.1, 0.15) is 5.54 Å². The zero-order valence-corrected chi connectivity index (χ0v) is 15.4. The van der Waals surface area contributed by atoms with Gasteiger partial charge in [0, 0.05) is 40.7 Å². The van der Waals surface area contributed by atoms with Crippen LogP contribution in [0.25, 0.3) is 10.9 Å². The van der Waals surface area contributed by atoms with Crippen molar-refractivity contribution in [2.24, 2.45) is 11.1 Å². The Hall–Kier alpha value is -1.56. The van der Waals surface area contributed by atoms with Gasteiger partial charge >= 0.3 is 0 Å². The van der Waals surface area contributed by atoms with Gasteiger partial charge in [0.2, 0.25) is 5.91 Å². The molecule has 1 fully saturated rings. The summed E-state index contributed by atoms with van der Waals surface area (Å²) in [5.74, 6) is -0.148. The number of amides is 1. The highest BCUT2D eigenvalue weighted by atomic mass is 35.5. The number of anilines is 1. The van der Waals surface area contributed by atoms with Crippen molar-refractivity contribution in [1.82, 2.24) is 4.98 Å². The molecule has 3 rings (SSSR count). The monoisotopic (exact) mass is 351 g/mol. The number of H-pyrrole nitrogens is 1. The molecular formula is C18H26ClN3O2. The van der Waals surface area contributed by atoms with E-state index in [0.29, 0.717) is 13.0 Å². The number of carbonyl (C=O) groups excluding carboxylic acids is 1. The molecule has 1 aliphatic rings. The first kappa shape index (κ1) is 18.8. The van der Waals surface area contributed by atoms with Crippen molar-refractivity contribution in [3.8, 4) is 0 Å². The van der Waals surface area contributed by atoms with Crippen molar-refractivity contribution in [2.45, 2.75) is 45.8 Å². The largest absolute Gasteiger partial charge is 0.378 e. The van der Waals surface area contributed by atoms with Gasteiger partial charge in [-0.2, -0.15) is 0 Å². The van der Waals surface area contributed by atoms with Crippen LogP contribution < -0.4 is 11.1 Å². The maximum absolute atomic E-state index is 12.7. The van der Waals surface area contributed by atoms with E-state index in [0.717, 1.165) is 22.3 Å². The summed E-state index contributed by atoms with van der Waals surface area (Å²) in [4.78, 5) is 16.0. The second-order valence-corrected chi connectivity index (χ2v) is 7.05. The molecule has 2 unspecified atom stereocenters. The minimum absolute atomic E-state index is 0. The summed E-state index contributed by atoms with van der Waals surface area (Å²) in [6.07, 6.45) is 0.573. The zero-order chi connectivity index (χ0) is 16.8. The first-order valence-corrected chi connectivity index (χ1v) is 8.09. The van der Waals surface area contributed by atoms with Gasteiger partial charge in [-0.15, -0.1) is 12.4 Å². The Bertz CT molecular complexity index is 756. The van der Waals surface area contributed by atoms with Crippen LogP contribution in [0.2, 0.25) is 0 Å². The third kappa shape index (κ3) is 2.81. The summed E-state index contributed by atoms with van der Waals surface area (Å²) in [5.41, 5.74) is 8.04. The fourth-order valence-corrected chi connectivity index (χ4v) is 3.42. The molecule has 6 heteroatoms. The lowest BCUT2D eigenvalue weighted by molar-refractivity contribution is -0.166. The standard InChI is InChI=1S/C18H25N3O2.ClH/c1-5-23-15-10-18(19,17(15,3)4)16(22)21-13-6-7-14-12(9-13)8-11(2)20-14;/h6-9,15,20H,5,10,19H2,1-4H3,(H,21,22);1H. The van der Waals surface area contributed by atoms with Gasteiger partial charge in [-0.1, -0.05) is 13.8 Å². The maximum atomic E-state index is 12.7. The number of fused-ring (bicyclic) bond motifs is 1. The fraction of sp³-hybridized carbons (Fsp3) is 0.500. The number of nitrogens with one attached hydrogen (secondary N) is 2. The van der Waals surface area contributed by atoms with Crippen molar-refractivity contribution < 1.29 is 9.53 Å². The Morgan fingerprint density at radius 1 is 1.42 bits per heavy atom. The van der Waals surface area contributed by atoms with Gasteiger partial charge in [0.05, 0.1) is 6.10 Å². The molecule has 0 bridgehead atoms. The van der Waals surface area contributed by atoms with Crippen LogP contribution in [0, 0.1) is 12.3 Å². The molecule has 0 radical (unpaired) electrons. The average Bonchev–Trinajstić information content (AvgIpc) is 2.86. The van der Waals surface area contributed by atoms with Crippen molar-refractivity contribution in [3.63, 3.8) is 0 Å². The summed E-state index contributed by atoms with van der Waals surface area (Å²) in [5, 5.41) is 4.05. The van der Waals surface area contributed by atoms with E-state index in [9.17, 15) is 4.79 Å². The molecule has 24 heavy (non-hydrogen) atoms. The van der Waals surface area contributed by atoms with Crippen LogP contribution in [0.3, 0.4) is 0 Å². The minimum atomic E-state index is -0.907. The maximum Gasteiger partial charge on any atom is 0.245 e. The number of ether oxygens (including phenoxy) is 1.